The number of carbonyl (C=O) groups is 1. The van der Waals surface area contributed by atoms with Gasteiger partial charge in [0.15, 0.2) is 6.29 Å². The minimum absolute atomic E-state index is 0.464. The Morgan fingerprint density at radius 3 is 2.81 bits per heavy atom. The third-order valence-corrected chi connectivity index (χ3v) is 2.58. The molecule has 0 radical (unpaired) electrons. The van der Waals surface area contributed by atoms with E-state index in [0.29, 0.717) is 17.1 Å². The first-order valence-corrected chi connectivity index (χ1v) is 5.53. The summed E-state index contributed by atoms with van der Waals surface area (Å²) in [6, 6.07) is 5.35. The number of hydrogen-bond acceptors (Lipinski definition) is 2. The average Bonchev–Trinajstić information content (AvgIpc) is 2.28. The van der Waals surface area contributed by atoms with Crippen LogP contribution in [0, 0.1) is 12.3 Å². The molecule has 0 saturated carbocycles. The second-order valence-corrected chi connectivity index (χ2v) is 3.86. The maximum Gasteiger partial charge on any atom is 0.151 e. The summed E-state index contributed by atoms with van der Waals surface area (Å²) >= 11 is 5.96. The third kappa shape index (κ3) is 3.01. The predicted molar refractivity (Wildman–Crippen MR) is 68.2 cm³/mol. The van der Waals surface area contributed by atoms with Gasteiger partial charge in [-0.15, -0.1) is 6.42 Å². The zero-order valence-corrected chi connectivity index (χ0v) is 10.00. The van der Waals surface area contributed by atoms with Crippen molar-refractivity contribution in [3.8, 4) is 12.3 Å². The van der Waals surface area contributed by atoms with Crippen molar-refractivity contribution in [2.75, 3.05) is 18.0 Å². The molecule has 2 nitrogen and oxygen atoms in total. The molecular formula is C13H14ClNO. The number of nitrogens with zero attached hydrogens (tertiary/aromatic N) is 1. The van der Waals surface area contributed by atoms with E-state index in [1.807, 2.05) is 6.07 Å². The second kappa shape index (κ2) is 6.19. The first-order valence-electron chi connectivity index (χ1n) is 5.16. The summed E-state index contributed by atoms with van der Waals surface area (Å²) in [5.41, 5.74) is 1.46. The Morgan fingerprint density at radius 1 is 1.56 bits per heavy atom. The number of terminal acetylenes is 1. The highest BCUT2D eigenvalue weighted by molar-refractivity contribution is 6.33. The monoisotopic (exact) mass is 235 g/mol. The lowest BCUT2D eigenvalue weighted by Gasteiger charge is -2.22. The van der Waals surface area contributed by atoms with E-state index in [1.54, 1.807) is 12.1 Å². The molecule has 0 spiro atoms. The molecule has 0 amide bonds. The Balaban J connectivity index is 2.97. The first kappa shape index (κ1) is 12.6. The van der Waals surface area contributed by atoms with Gasteiger partial charge in [0, 0.05) is 17.8 Å². The van der Waals surface area contributed by atoms with Crippen LogP contribution in [0.1, 0.15) is 23.7 Å². The average molecular weight is 236 g/mol. The maximum absolute atomic E-state index is 10.6. The number of benzene rings is 1. The van der Waals surface area contributed by atoms with E-state index in [9.17, 15) is 4.79 Å². The summed E-state index contributed by atoms with van der Waals surface area (Å²) in [7, 11) is 0. The molecule has 1 rings (SSSR count). The van der Waals surface area contributed by atoms with Crippen molar-refractivity contribution in [2.45, 2.75) is 13.3 Å². The smallest absolute Gasteiger partial charge is 0.151 e. The van der Waals surface area contributed by atoms with Gasteiger partial charge in [-0.3, -0.25) is 4.79 Å². The molecular weight excluding hydrogens is 222 g/mol. The highest BCUT2D eigenvalue weighted by Crippen LogP contribution is 2.22. The molecule has 0 unspecified atom stereocenters. The molecule has 0 aliphatic heterocycles. The van der Waals surface area contributed by atoms with Gasteiger partial charge in [-0.25, -0.2) is 0 Å². The molecule has 0 aliphatic carbocycles. The SMILES string of the molecule is C#CCN(CCC)c1ccc(C=O)c(Cl)c1. The van der Waals surface area contributed by atoms with Crippen molar-refractivity contribution >= 4 is 23.6 Å². The molecule has 0 atom stereocenters. The summed E-state index contributed by atoms with van der Waals surface area (Å²) in [5, 5.41) is 0.464. The Morgan fingerprint density at radius 2 is 2.31 bits per heavy atom. The lowest BCUT2D eigenvalue weighted by atomic mass is 10.2. The van der Waals surface area contributed by atoms with Gasteiger partial charge in [0.2, 0.25) is 0 Å². The van der Waals surface area contributed by atoms with Crippen LogP contribution in [-0.2, 0) is 0 Å². The molecule has 1 aromatic rings. The van der Waals surface area contributed by atoms with Gasteiger partial charge in [0.25, 0.3) is 0 Å². The fourth-order valence-corrected chi connectivity index (χ4v) is 1.71. The summed E-state index contributed by atoms with van der Waals surface area (Å²) in [4.78, 5) is 12.7. The molecule has 0 N–H and O–H groups in total. The Labute approximate surface area is 101 Å². The van der Waals surface area contributed by atoms with Gasteiger partial charge in [0.05, 0.1) is 11.6 Å². The van der Waals surface area contributed by atoms with Crippen molar-refractivity contribution < 1.29 is 4.79 Å². The number of carbonyl (C=O) groups excluding carboxylic acids is 1. The number of rotatable bonds is 5. The van der Waals surface area contributed by atoms with Crippen LogP contribution in [0.5, 0.6) is 0 Å². The van der Waals surface area contributed by atoms with Crippen LogP contribution in [0.15, 0.2) is 18.2 Å². The number of halogens is 1. The highest BCUT2D eigenvalue weighted by Gasteiger charge is 2.06. The Kier molecular flexibility index (Phi) is 4.88. The van der Waals surface area contributed by atoms with Crippen molar-refractivity contribution in [3.63, 3.8) is 0 Å². The number of anilines is 1. The van der Waals surface area contributed by atoms with Crippen molar-refractivity contribution in [3.05, 3.63) is 28.8 Å². The van der Waals surface area contributed by atoms with E-state index in [2.05, 4.69) is 17.7 Å². The lowest BCUT2D eigenvalue weighted by molar-refractivity contribution is 0.112. The Bertz CT molecular complexity index is 409. The second-order valence-electron chi connectivity index (χ2n) is 3.45. The highest BCUT2D eigenvalue weighted by atomic mass is 35.5. The maximum atomic E-state index is 10.6. The minimum atomic E-state index is 0.464. The molecule has 0 bridgehead atoms. The molecule has 0 saturated heterocycles. The van der Waals surface area contributed by atoms with Crippen LogP contribution < -0.4 is 4.90 Å². The van der Waals surface area contributed by atoms with Gasteiger partial charge in [-0.2, -0.15) is 0 Å². The van der Waals surface area contributed by atoms with Gasteiger partial charge < -0.3 is 4.90 Å². The van der Waals surface area contributed by atoms with Crippen molar-refractivity contribution in [1.29, 1.82) is 0 Å². The van der Waals surface area contributed by atoms with E-state index >= 15 is 0 Å². The van der Waals surface area contributed by atoms with Gasteiger partial charge in [0.1, 0.15) is 0 Å². The zero-order chi connectivity index (χ0) is 12.0. The molecule has 84 valence electrons. The fourth-order valence-electron chi connectivity index (χ4n) is 1.49. The summed E-state index contributed by atoms with van der Waals surface area (Å²) < 4.78 is 0. The topological polar surface area (TPSA) is 20.3 Å². The van der Waals surface area contributed by atoms with Gasteiger partial charge >= 0.3 is 0 Å². The van der Waals surface area contributed by atoms with Crippen LogP contribution in [-0.4, -0.2) is 19.4 Å². The van der Waals surface area contributed by atoms with Crippen molar-refractivity contribution in [1.82, 2.24) is 0 Å². The molecule has 0 aliphatic rings. The fraction of sp³-hybridized carbons (Fsp3) is 0.308. The van der Waals surface area contributed by atoms with E-state index in [0.717, 1.165) is 24.9 Å². The minimum Gasteiger partial charge on any atom is -0.360 e. The van der Waals surface area contributed by atoms with Crippen LogP contribution in [0.3, 0.4) is 0 Å². The first-order chi connectivity index (χ1) is 7.72. The van der Waals surface area contributed by atoms with E-state index in [-0.39, 0.29) is 0 Å². The van der Waals surface area contributed by atoms with Gasteiger partial charge in [-0.1, -0.05) is 24.4 Å². The van der Waals surface area contributed by atoms with Crippen LogP contribution in [0.4, 0.5) is 5.69 Å². The third-order valence-electron chi connectivity index (χ3n) is 2.25. The lowest BCUT2D eigenvalue weighted by Crippen LogP contribution is -2.24. The zero-order valence-electron chi connectivity index (χ0n) is 9.24. The molecule has 0 fully saturated rings. The van der Waals surface area contributed by atoms with E-state index in [1.165, 1.54) is 0 Å². The molecule has 1 aromatic carbocycles. The summed E-state index contributed by atoms with van der Waals surface area (Å²) in [5.74, 6) is 2.61. The van der Waals surface area contributed by atoms with Crippen LogP contribution in [0.25, 0.3) is 0 Å². The number of aldehydes is 1. The predicted octanol–water partition coefficient (Wildman–Crippen LogP) is 3.00. The Hall–Kier alpha value is -1.46. The van der Waals surface area contributed by atoms with E-state index in [4.69, 9.17) is 18.0 Å². The molecule has 0 heterocycles. The molecule has 0 aromatic heterocycles. The molecule has 3 heteroatoms. The van der Waals surface area contributed by atoms with Crippen LogP contribution >= 0.6 is 11.6 Å². The standard InChI is InChI=1S/C13H14ClNO/c1-3-7-15(8-4-2)12-6-5-11(10-16)13(14)9-12/h1,5-6,9-10H,4,7-8H2,2H3. The normalized spacial score (nSPS) is 9.56. The number of hydrogen-bond donors (Lipinski definition) is 0. The van der Waals surface area contributed by atoms with Crippen molar-refractivity contribution in [2.24, 2.45) is 0 Å². The van der Waals surface area contributed by atoms with Gasteiger partial charge in [-0.05, 0) is 24.6 Å². The molecule has 16 heavy (non-hydrogen) atoms. The summed E-state index contributed by atoms with van der Waals surface area (Å²) in [6.07, 6.45) is 7.07. The van der Waals surface area contributed by atoms with Crippen LogP contribution in [0.2, 0.25) is 5.02 Å². The quantitative estimate of drug-likeness (QED) is 0.578. The summed E-state index contributed by atoms with van der Waals surface area (Å²) in [6.45, 7) is 3.51. The largest absolute Gasteiger partial charge is 0.360 e. The van der Waals surface area contributed by atoms with E-state index < -0.39 is 0 Å².